The highest BCUT2D eigenvalue weighted by molar-refractivity contribution is 7.22. The molecule has 2 aliphatic carbocycles. The molecule has 2 aliphatic rings. The smallest absolute Gasteiger partial charge is 0.340 e. The first-order valence-electron chi connectivity index (χ1n) is 30.8. The van der Waals surface area contributed by atoms with Gasteiger partial charge in [0.15, 0.2) is 10.8 Å². The third kappa shape index (κ3) is 20.3. The molecule has 4 aromatic carbocycles. The summed E-state index contributed by atoms with van der Waals surface area (Å²) in [5.74, 6) is -2.36. The molecule has 90 heavy (non-hydrogen) atoms. The van der Waals surface area contributed by atoms with E-state index < -0.39 is 53.8 Å². The molecule has 2 saturated carbocycles. The maximum absolute atomic E-state index is 14.1. The van der Waals surface area contributed by atoms with Crippen molar-refractivity contribution in [3.63, 3.8) is 0 Å². The molecule has 0 amide bonds. The summed E-state index contributed by atoms with van der Waals surface area (Å²) in [6.45, 7) is 12.1. The Kier molecular flexibility index (Phi) is 25.5. The van der Waals surface area contributed by atoms with E-state index in [1.165, 1.54) is 11.3 Å². The zero-order valence-corrected chi connectivity index (χ0v) is 51.8. The monoisotopic (exact) mass is 1260 g/mol. The average Bonchev–Trinajstić information content (AvgIpc) is 1.64. The molecule has 0 unspecified atom stereocenters. The Morgan fingerprint density at radius 2 is 1.04 bits per heavy atom. The summed E-state index contributed by atoms with van der Waals surface area (Å²) < 4.78 is 62.3. The van der Waals surface area contributed by atoms with Gasteiger partial charge in [-0.25, -0.2) is 24.2 Å². The van der Waals surface area contributed by atoms with Gasteiger partial charge in [0.25, 0.3) is 0 Å². The molecular formula is C69H77NO19S. The summed E-state index contributed by atoms with van der Waals surface area (Å²) in [5, 5.41) is 1.41. The highest BCUT2D eigenvalue weighted by atomic mass is 32.1. The first kappa shape index (κ1) is 67.1. The number of aromatic nitrogens is 1. The van der Waals surface area contributed by atoms with E-state index in [0.29, 0.717) is 133 Å². The number of hydrogen-bond acceptors (Lipinski definition) is 21. The van der Waals surface area contributed by atoms with Crippen LogP contribution in [0.5, 0.6) is 23.0 Å². The minimum atomic E-state index is -0.597. The molecule has 6 aromatic rings. The molecule has 0 radical (unpaired) electrons. The number of thiazole rings is 1. The van der Waals surface area contributed by atoms with Crippen LogP contribution in [0.3, 0.4) is 0 Å². The number of carbonyl (C=O) groups is 8. The van der Waals surface area contributed by atoms with Gasteiger partial charge in [-0.1, -0.05) is 19.2 Å². The number of aryl methyl sites for hydroxylation is 2. The van der Waals surface area contributed by atoms with Crippen LogP contribution < -0.4 is 18.9 Å². The lowest BCUT2D eigenvalue weighted by Crippen LogP contribution is -2.30. The van der Waals surface area contributed by atoms with Crippen molar-refractivity contribution in [1.29, 1.82) is 0 Å². The van der Waals surface area contributed by atoms with Crippen LogP contribution in [0, 0.1) is 25.7 Å². The lowest BCUT2D eigenvalue weighted by atomic mass is 9.87. The Morgan fingerprint density at radius 1 is 0.544 bits per heavy atom. The second-order valence-corrected chi connectivity index (χ2v) is 23.2. The number of nitrogens with zero attached hydrogens (tertiary/aromatic N) is 1. The number of carbonyl (C=O) groups excluding carboxylic acids is 8. The second kappa shape index (κ2) is 34.2. The van der Waals surface area contributed by atoms with Gasteiger partial charge in [0, 0.05) is 17.5 Å². The summed E-state index contributed by atoms with van der Waals surface area (Å²) in [7, 11) is 0. The lowest BCUT2D eigenvalue weighted by molar-refractivity contribution is -0.149. The number of fused-ring (bicyclic) bond motifs is 2. The van der Waals surface area contributed by atoms with E-state index in [2.05, 4.69) is 19.2 Å². The Bertz CT molecular complexity index is 3460. The fourth-order valence-electron chi connectivity index (χ4n) is 10.5. The summed E-state index contributed by atoms with van der Waals surface area (Å²) in [6, 6.07) is 22.7. The number of hydrogen-bond donors (Lipinski definition) is 0. The van der Waals surface area contributed by atoms with E-state index in [4.69, 9.17) is 56.8 Å². The Labute approximate surface area is 526 Å². The molecule has 0 atom stereocenters. The Morgan fingerprint density at radius 3 is 1.59 bits per heavy atom. The number of unbranched alkanes of at least 4 members (excludes halogenated alkanes) is 6. The third-order valence-corrected chi connectivity index (χ3v) is 16.5. The topological polar surface area (TPSA) is 255 Å². The quantitative estimate of drug-likeness (QED) is 0.0122. The molecule has 2 fully saturated rings. The largest absolute Gasteiger partial charge is 0.494 e. The van der Waals surface area contributed by atoms with Gasteiger partial charge in [0.05, 0.1) is 66.9 Å². The minimum absolute atomic E-state index is 0.00513. The van der Waals surface area contributed by atoms with Crippen LogP contribution >= 0.6 is 11.3 Å². The van der Waals surface area contributed by atoms with Crippen LogP contribution in [-0.4, -0.2) is 105 Å². The molecule has 2 heterocycles. The molecule has 0 saturated heterocycles. The molecule has 478 valence electrons. The second-order valence-electron chi connectivity index (χ2n) is 22.2. The maximum Gasteiger partial charge on any atom is 0.340 e. The van der Waals surface area contributed by atoms with E-state index in [1.54, 1.807) is 60.7 Å². The average molecular weight is 1260 g/mol. The molecule has 0 bridgehead atoms. The fourth-order valence-corrected chi connectivity index (χ4v) is 11.5. The molecule has 21 heteroatoms. The van der Waals surface area contributed by atoms with Crippen molar-refractivity contribution in [2.75, 3.05) is 39.6 Å². The van der Waals surface area contributed by atoms with Gasteiger partial charge in [-0.15, -0.1) is 11.3 Å². The maximum atomic E-state index is 14.1. The molecule has 0 spiro atoms. The molecule has 0 N–H and O–H groups in total. The number of esters is 8. The van der Waals surface area contributed by atoms with Crippen LogP contribution in [0.25, 0.3) is 32.0 Å². The third-order valence-electron chi connectivity index (χ3n) is 15.4. The summed E-state index contributed by atoms with van der Waals surface area (Å²) >= 11 is 1.24. The van der Waals surface area contributed by atoms with E-state index >= 15 is 0 Å². The van der Waals surface area contributed by atoms with E-state index in [0.717, 1.165) is 67.2 Å². The van der Waals surface area contributed by atoms with E-state index in [-0.39, 0.29) is 62.0 Å². The molecule has 20 nitrogen and oxygen atoms in total. The normalized spacial score (nSPS) is 16.2. The lowest BCUT2D eigenvalue weighted by Gasteiger charge is -2.27. The van der Waals surface area contributed by atoms with Crippen LogP contribution in [-0.2, 0) is 57.2 Å². The highest BCUT2D eigenvalue weighted by Crippen LogP contribution is 2.42. The predicted octanol–water partition coefficient (Wildman–Crippen LogP) is 13.2. The molecule has 8 rings (SSSR count). The van der Waals surface area contributed by atoms with Crippen molar-refractivity contribution >= 4 is 80.3 Å². The van der Waals surface area contributed by atoms with Crippen LogP contribution in [0.4, 0.5) is 0 Å². The van der Waals surface area contributed by atoms with Gasteiger partial charge < -0.3 is 51.8 Å². The van der Waals surface area contributed by atoms with Crippen LogP contribution in [0.2, 0.25) is 0 Å². The fraction of sp³-hybridized carbons (Fsp3) is 0.435. The first-order chi connectivity index (χ1) is 43.6. The van der Waals surface area contributed by atoms with E-state index in [9.17, 15) is 38.4 Å². The SMILES string of the molecule is C=CC(=O)OCCC(=O)OCCCCCCOc1ccc(OC(=O)[C@H]2CC[C@H](OC(=O)c3ccc(OC(=O)[C@H]4CC[C@H](OC(=O)c5ccc(OCCCCCCOC(=O)CCOC(=O)C=C)cc5)CC4)c4sc(-c5cc6c(C)cc(C)cc6o5)nc34)CC2)cc1. The van der Waals surface area contributed by atoms with E-state index in [1.807, 2.05) is 26.0 Å². The number of benzene rings is 4. The van der Waals surface area contributed by atoms with Gasteiger partial charge >= 0.3 is 47.8 Å². The number of furan rings is 1. The zero-order valence-electron chi connectivity index (χ0n) is 51.0. The Hall–Kier alpha value is -8.85. The van der Waals surface area contributed by atoms with Crippen LogP contribution in [0.15, 0.2) is 109 Å². The van der Waals surface area contributed by atoms with Gasteiger partial charge in [0.2, 0.25) is 0 Å². The van der Waals surface area contributed by atoms with Crippen molar-refractivity contribution in [2.45, 2.75) is 142 Å². The van der Waals surface area contributed by atoms with Crippen LogP contribution in [0.1, 0.15) is 147 Å². The number of ether oxygens (including phenoxy) is 10. The van der Waals surface area contributed by atoms with Crippen molar-refractivity contribution in [1.82, 2.24) is 4.98 Å². The van der Waals surface area contributed by atoms with Crippen molar-refractivity contribution < 1.29 is 90.1 Å². The zero-order chi connectivity index (χ0) is 63.8. The summed E-state index contributed by atoms with van der Waals surface area (Å²) in [4.78, 5) is 105. The van der Waals surface area contributed by atoms with Gasteiger partial charge in [-0.05, 0) is 201 Å². The van der Waals surface area contributed by atoms with Crippen molar-refractivity contribution in [3.05, 3.63) is 126 Å². The highest BCUT2D eigenvalue weighted by Gasteiger charge is 2.33. The first-order valence-corrected chi connectivity index (χ1v) is 31.6. The Balaban J connectivity index is 0.769. The van der Waals surface area contributed by atoms with Gasteiger partial charge in [-0.3, -0.25) is 19.2 Å². The minimum Gasteiger partial charge on any atom is -0.494 e. The van der Waals surface area contributed by atoms with Gasteiger partial charge in [0.1, 0.15) is 59.5 Å². The molecular weight excluding hydrogens is 1180 g/mol. The summed E-state index contributed by atoms with van der Waals surface area (Å²) in [5.41, 5.74) is 3.65. The standard InChI is InChI=1S/C69H77NO19S/c1-5-59(71)83-39-33-61(73)81-37-13-9-7-11-35-79-49-21-15-46(16-22-49)66(75)85-51-23-19-48(20-24-51)68(77)89-56-32-31-54(63-64(56)90-65(70-63)58-43-55-45(4)41-44(3)42-57(55)88-58)69(78)87-52-25-17-47(18-26-52)67(76)86-53-29-27-50(28-30-53)80-36-12-8-10-14-38-82-62(74)34-40-84-60(72)6-2/h5-6,15-16,21-22,27-32,41-43,47-48,51-52H,1-2,7-14,17-20,23-26,33-40H2,3-4H3/t47-,48-,51-,52-. The molecule has 2 aromatic heterocycles. The predicted molar refractivity (Wildman–Crippen MR) is 332 cm³/mol. The van der Waals surface area contributed by atoms with Crippen molar-refractivity contribution in [2.24, 2.45) is 11.8 Å². The van der Waals surface area contributed by atoms with Crippen molar-refractivity contribution in [3.8, 4) is 33.8 Å². The molecule has 0 aliphatic heterocycles. The number of rotatable bonds is 33. The summed E-state index contributed by atoms with van der Waals surface area (Å²) in [6.07, 6.45) is 11.2. The van der Waals surface area contributed by atoms with Gasteiger partial charge in [-0.2, -0.15) is 0 Å².